The predicted octanol–water partition coefficient (Wildman–Crippen LogP) is 4.10. The van der Waals surface area contributed by atoms with Gasteiger partial charge in [0, 0.05) is 47.7 Å². The molecule has 1 aliphatic rings. The number of rotatable bonds is 3. The van der Waals surface area contributed by atoms with Crippen LogP contribution in [-0.4, -0.2) is 38.3 Å². The molecule has 1 fully saturated rings. The molecule has 2 aromatic heterocycles. The molecule has 1 amide bonds. The van der Waals surface area contributed by atoms with Crippen LogP contribution in [0.1, 0.15) is 41.0 Å². The van der Waals surface area contributed by atoms with Gasteiger partial charge in [0.05, 0.1) is 10.7 Å². The van der Waals surface area contributed by atoms with Gasteiger partial charge in [-0.1, -0.05) is 23.2 Å². The lowest BCUT2D eigenvalue weighted by atomic mass is 10.0. The van der Waals surface area contributed by atoms with E-state index in [0.29, 0.717) is 21.5 Å². The van der Waals surface area contributed by atoms with Gasteiger partial charge in [-0.2, -0.15) is 0 Å². The fourth-order valence-corrected chi connectivity index (χ4v) is 4.23. The van der Waals surface area contributed by atoms with Crippen LogP contribution in [0.2, 0.25) is 10.0 Å². The summed E-state index contributed by atoms with van der Waals surface area (Å²) >= 11 is 12.6. The van der Waals surface area contributed by atoms with Crippen LogP contribution in [0.4, 0.5) is 0 Å². The average molecular weight is 418 g/mol. The Morgan fingerprint density at radius 1 is 1.18 bits per heavy atom. The SMILES string of the molecule is Cc1nc2nc(C(=O)N3CCCCC3)cn2c(-c2ccc(Cl)cc2Cl)c1CN. The number of amides is 1. The van der Waals surface area contributed by atoms with E-state index in [0.717, 1.165) is 54.9 Å². The summed E-state index contributed by atoms with van der Waals surface area (Å²) in [6, 6.07) is 5.32. The molecule has 0 radical (unpaired) electrons. The molecule has 146 valence electrons. The number of halogens is 2. The number of imidazole rings is 1. The summed E-state index contributed by atoms with van der Waals surface area (Å²) in [4.78, 5) is 23.8. The standard InChI is InChI=1S/C20H21Cl2N5O/c1-12-15(10-23)18(14-6-5-13(21)9-16(14)22)27-11-17(25-20(27)24-12)19(28)26-7-3-2-4-8-26/h5-6,9,11H,2-4,7-8,10,23H2,1H3. The number of hydrogen-bond acceptors (Lipinski definition) is 4. The van der Waals surface area contributed by atoms with Crippen LogP contribution in [0, 0.1) is 6.92 Å². The molecule has 0 bridgehead atoms. The van der Waals surface area contributed by atoms with Gasteiger partial charge in [0.25, 0.3) is 5.91 Å². The highest BCUT2D eigenvalue weighted by atomic mass is 35.5. The van der Waals surface area contributed by atoms with Crippen molar-refractivity contribution in [2.45, 2.75) is 32.7 Å². The molecular formula is C20H21Cl2N5O. The maximum absolute atomic E-state index is 12.9. The number of likely N-dealkylation sites (tertiary alicyclic amines) is 1. The van der Waals surface area contributed by atoms with Crippen molar-refractivity contribution in [3.8, 4) is 11.3 Å². The summed E-state index contributed by atoms with van der Waals surface area (Å²) in [5.74, 6) is 0.390. The molecule has 1 aromatic carbocycles. The van der Waals surface area contributed by atoms with Crippen LogP contribution in [0.3, 0.4) is 0 Å². The summed E-state index contributed by atoms with van der Waals surface area (Å²) in [6.07, 6.45) is 4.95. The van der Waals surface area contributed by atoms with Gasteiger partial charge in [-0.15, -0.1) is 0 Å². The smallest absolute Gasteiger partial charge is 0.274 e. The van der Waals surface area contributed by atoms with Crippen LogP contribution in [-0.2, 0) is 6.54 Å². The van der Waals surface area contributed by atoms with Gasteiger partial charge < -0.3 is 10.6 Å². The minimum Gasteiger partial charge on any atom is -0.337 e. The van der Waals surface area contributed by atoms with Gasteiger partial charge in [0.2, 0.25) is 5.78 Å². The highest BCUT2D eigenvalue weighted by molar-refractivity contribution is 6.36. The summed E-state index contributed by atoms with van der Waals surface area (Å²) in [5.41, 5.74) is 9.59. The van der Waals surface area contributed by atoms with Gasteiger partial charge >= 0.3 is 0 Å². The van der Waals surface area contributed by atoms with Crippen molar-refractivity contribution in [2.24, 2.45) is 5.73 Å². The van der Waals surface area contributed by atoms with E-state index in [1.165, 1.54) is 0 Å². The highest BCUT2D eigenvalue weighted by Crippen LogP contribution is 2.34. The van der Waals surface area contributed by atoms with E-state index in [4.69, 9.17) is 28.9 Å². The molecule has 6 nitrogen and oxygen atoms in total. The second kappa shape index (κ2) is 7.70. The molecule has 0 aliphatic carbocycles. The maximum Gasteiger partial charge on any atom is 0.274 e. The fourth-order valence-electron chi connectivity index (χ4n) is 3.73. The lowest BCUT2D eigenvalue weighted by molar-refractivity contribution is 0.0719. The van der Waals surface area contributed by atoms with Gasteiger partial charge in [-0.25, -0.2) is 9.97 Å². The quantitative estimate of drug-likeness (QED) is 0.695. The molecule has 8 heteroatoms. The van der Waals surface area contributed by atoms with Crippen molar-refractivity contribution in [1.82, 2.24) is 19.3 Å². The van der Waals surface area contributed by atoms with Crippen LogP contribution >= 0.6 is 23.2 Å². The number of fused-ring (bicyclic) bond motifs is 1. The second-order valence-corrected chi connectivity index (χ2v) is 7.85. The molecule has 0 saturated carbocycles. The Morgan fingerprint density at radius 2 is 1.93 bits per heavy atom. The van der Waals surface area contributed by atoms with Gasteiger partial charge in [0.15, 0.2) is 0 Å². The van der Waals surface area contributed by atoms with E-state index < -0.39 is 0 Å². The van der Waals surface area contributed by atoms with E-state index in [1.807, 2.05) is 22.3 Å². The molecule has 3 aromatic rings. The minimum absolute atomic E-state index is 0.0645. The number of piperidine rings is 1. The number of nitrogens with zero attached hydrogens (tertiary/aromatic N) is 4. The Labute approximate surface area is 173 Å². The summed E-state index contributed by atoms with van der Waals surface area (Å²) in [6.45, 7) is 3.71. The van der Waals surface area contributed by atoms with Gasteiger partial charge in [-0.3, -0.25) is 9.20 Å². The number of carbonyl (C=O) groups excluding carboxylic acids is 1. The molecule has 28 heavy (non-hydrogen) atoms. The van der Waals surface area contributed by atoms with E-state index in [1.54, 1.807) is 18.3 Å². The van der Waals surface area contributed by atoms with Gasteiger partial charge in [0.1, 0.15) is 5.69 Å². The summed E-state index contributed by atoms with van der Waals surface area (Å²) < 4.78 is 1.81. The molecular weight excluding hydrogens is 397 g/mol. The maximum atomic E-state index is 12.9. The van der Waals surface area contributed by atoms with Crippen molar-refractivity contribution in [3.05, 3.63) is 51.4 Å². The summed E-state index contributed by atoms with van der Waals surface area (Å²) in [7, 11) is 0. The number of carbonyl (C=O) groups is 1. The van der Waals surface area contributed by atoms with Crippen molar-refractivity contribution < 1.29 is 4.79 Å². The Kier molecular flexibility index (Phi) is 5.27. The van der Waals surface area contributed by atoms with E-state index in [2.05, 4.69) is 9.97 Å². The zero-order chi connectivity index (χ0) is 19.8. The molecule has 1 aliphatic heterocycles. The lowest BCUT2D eigenvalue weighted by Gasteiger charge is -2.25. The number of hydrogen-bond donors (Lipinski definition) is 1. The normalized spacial score (nSPS) is 14.6. The Bertz CT molecular complexity index is 1060. The largest absolute Gasteiger partial charge is 0.337 e. The zero-order valence-electron chi connectivity index (χ0n) is 15.6. The van der Waals surface area contributed by atoms with Crippen LogP contribution in [0.25, 0.3) is 17.0 Å². The molecule has 4 rings (SSSR count). The number of aromatic nitrogens is 3. The molecule has 0 spiro atoms. The van der Waals surface area contributed by atoms with Crippen molar-refractivity contribution >= 4 is 34.9 Å². The van der Waals surface area contributed by atoms with Gasteiger partial charge in [-0.05, 0) is 44.4 Å². The first-order valence-electron chi connectivity index (χ1n) is 9.33. The molecule has 2 N–H and O–H groups in total. The van der Waals surface area contributed by atoms with E-state index in [-0.39, 0.29) is 12.5 Å². The first kappa shape index (κ1) is 19.2. The molecule has 0 unspecified atom stereocenters. The number of aryl methyl sites for hydroxylation is 1. The third-order valence-electron chi connectivity index (χ3n) is 5.17. The molecule has 3 heterocycles. The Balaban J connectivity index is 1.89. The topological polar surface area (TPSA) is 76.5 Å². The highest BCUT2D eigenvalue weighted by Gasteiger charge is 2.23. The van der Waals surface area contributed by atoms with Crippen LogP contribution < -0.4 is 5.73 Å². The van der Waals surface area contributed by atoms with Crippen molar-refractivity contribution in [2.75, 3.05) is 13.1 Å². The van der Waals surface area contributed by atoms with E-state index >= 15 is 0 Å². The van der Waals surface area contributed by atoms with Crippen LogP contribution in [0.15, 0.2) is 24.4 Å². The van der Waals surface area contributed by atoms with Crippen molar-refractivity contribution in [1.29, 1.82) is 0 Å². The first-order valence-corrected chi connectivity index (χ1v) is 10.1. The monoisotopic (exact) mass is 417 g/mol. The first-order chi connectivity index (χ1) is 13.5. The lowest BCUT2D eigenvalue weighted by Crippen LogP contribution is -2.35. The van der Waals surface area contributed by atoms with Crippen LogP contribution in [0.5, 0.6) is 0 Å². The van der Waals surface area contributed by atoms with Crippen molar-refractivity contribution in [3.63, 3.8) is 0 Å². The predicted molar refractivity (Wildman–Crippen MR) is 111 cm³/mol. The molecule has 1 saturated heterocycles. The average Bonchev–Trinajstić information content (AvgIpc) is 3.11. The Morgan fingerprint density at radius 3 is 2.61 bits per heavy atom. The fraction of sp³-hybridized carbons (Fsp3) is 0.350. The second-order valence-electron chi connectivity index (χ2n) is 7.00. The Hall–Kier alpha value is -2.15. The zero-order valence-corrected chi connectivity index (χ0v) is 17.1. The third kappa shape index (κ3) is 3.36. The third-order valence-corrected chi connectivity index (χ3v) is 5.72. The summed E-state index contributed by atoms with van der Waals surface area (Å²) in [5, 5.41) is 1.06. The molecule has 0 atom stereocenters. The minimum atomic E-state index is -0.0645. The number of nitrogens with two attached hydrogens (primary N) is 1. The number of benzene rings is 1. The van der Waals surface area contributed by atoms with E-state index in [9.17, 15) is 4.79 Å².